The van der Waals surface area contributed by atoms with Crippen LogP contribution in [-0.2, 0) is 19.5 Å². The predicted octanol–water partition coefficient (Wildman–Crippen LogP) is -1.09. The van der Waals surface area contributed by atoms with Crippen LogP contribution in [0.5, 0.6) is 0 Å². The second-order valence-electron chi connectivity index (χ2n) is 0.274. The molecule has 0 aromatic heterocycles. The van der Waals surface area contributed by atoms with Crippen molar-refractivity contribution in [2.75, 3.05) is 0 Å². The number of hydrogen-bond donors (Lipinski definition) is 0. The first-order chi connectivity index (χ1) is 4.24. The van der Waals surface area contributed by atoms with E-state index in [0.717, 1.165) is 0 Å². The standard InChI is InChI=1S/3CNSe.Rh/c3*2-1-3;. The van der Waals surface area contributed by atoms with Crippen molar-refractivity contribution in [3.05, 3.63) is 0 Å². The van der Waals surface area contributed by atoms with E-state index in [1.54, 1.807) is 14.9 Å². The molecule has 7 heteroatoms. The summed E-state index contributed by atoms with van der Waals surface area (Å²) >= 11 is 6.33. The van der Waals surface area contributed by atoms with Gasteiger partial charge >= 0.3 is 78.7 Å². The summed E-state index contributed by atoms with van der Waals surface area (Å²) in [4.78, 5) is 4.88. The molecule has 0 aliphatic carbocycles. The van der Waals surface area contributed by atoms with Crippen molar-refractivity contribution in [3.63, 3.8) is 0 Å². The van der Waals surface area contributed by atoms with Crippen LogP contribution in [0, 0.1) is 30.7 Å². The molecule has 0 fully saturated rings. The molecule has 0 aromatic rings. The van der Waals surface area contributed by atoms with Gasteiger partial charge in [-0.25, -0.2) is 0 Å². The minimum absolute atomic E-state index is 0. The second kappa shape index (κ2) is 54.2. The number of nitriles is 3. The molecule has 0 aliphatic heterocycles. The van der Waals surface area contributed by atoms with E-state index in [4.69, 9.17) is 15.8 Å². The molecule has 0 saturated carbocycles. The third kappa shape index (κ3) is 1190. The maximum Gasteiger partial charge on any atom is 0 e. The fourth-order valence-corrected chi connectivity index (χ4v) is 0. The van der Waals surface area contributed by atoms with Crippen molar-refractivity contribution in [1.29, 1.82) is 15.8 Å². The monoisotopic (exact) mass is 421 g/mol. The molecule has 0 spiro atoms. The molecule has 10 heavy (non-hydrogen) atoms. The largest absolute Gasteiger partial charge is 0 e. The zero-order valence-corrected chi connectivity index (χ0v) is 11.2. The van der Waals surface area contributed by atoms with Crippen LogP contribution in [-0.4, -0.2) is 48.0 Å². The van der Waals surface area contributed by atoms with E-state index in [1.807, 2.05) is 0 Å². The summed E-state index contributed by atoms with van der Waals surface area (Å²) in [6.45, 7) is 0. The Kier molecular flexibility index (Phi) is 121. The number of hydrogen-bond acceptors (Lipinski definition) is 3. The van der Waals surface area contributed by atoms with Crippen molar-refractivity contribution < 1.29 is 19.5 Å². The first kappa shape index (κ1) is 22.4. The first-order valence-electron chi connectivity index (χ1n) is 1.28. The van der Waals surface area contributed by atoms with Gasteiger partial charge in [-0.1, -0.05) is 0 Å². The third-order valence-corrected chi connectivity index (χ3v) is 0. The molecule has 54 valence electrons. The van der Waals surface area contributed by atoms with Crippen LogP contribution in [0.4, 0.5) is 0 Å². The number of rotatable bonds is 0. The van der Waals surface area contributed by atoms with Crippen LogP contribution < -0.4 is 0 Å². The average molecular weight is 418 g/mol. The van der Waals surface area contributed by atoms with Crippen LogP contribution in [0.1, 0.15) is 0 Å². The summed E-state index contributed by atoms with van der Waals surface area (Å²) < 4.78 is 0. The van der Waals surface area contributed by atoms with Crippen molar-refractivity contribution >= 4 is 48.0 Å². The molecule has 3 nitrogen and oxygen atoms in total. The molecule has 0 bridgehead atoms. The Hall–Kier alpha value is 0.652. The van der Waals surface area contributed by atoms with Gasteiger partial charge in [0.05, 0.1) is 0 Å². The molecule has 0 aromatic carbocycles. The average Bonchev–Trinajstić information content (AvgIpc) is 1.70. The minimum Gasteiger partial charge on any atom is 0 e. The molecule has 0 N–H and O–H groups in total. The summed E-state index contributed by atoms with van der Waals surface area (Å²) in [7, 11) is 0. The molecule has 0 atom stereocenters. The zero-order valence-electron chi connectivity index (χ0n) is 4.40. The normalized spacial score (nSPS) is 2.10. The first-order valence-corrected chi connectivity index (χ1v) is 3.85. The summed E-state index contributed by atoms with van der Waals surface area (Å²) in [5, 5.41) is 21.8. The Morgan fingerprint density at radius 1 is 0.700 bits per heavy atom. The Balaban J connectivity index is -0.0000000257. The summed E-state index contributed by atoms with van der Waals surface area (Å²) in [6, 6.07) is 0. The van der Waals surface area contributed by atoms with Gasteiger partial charge in [0.1, 0.15) is 0 Å². The second-order valence-corrected chi connectivity index (χ2v) is 1.42. The van der Waals surface area contributed by atoms with Crippen LogP contribution >= 0.6 is 0 Å². The van der Waals surface area contributed by atoms with Gasteiger partial charge in [-0.3, -0.25) is 0 Å². The van der Waals surface area contributed by atoms with Crippen LogP contribution in [0.3, 0.4) is 0 Å². The van der Waals surface area contributed by atoms with Gasteiger partial charge in [0.2, 0.25) is 0 Å². The van der Waals surface area contributed by atoms with Gasteiger partial charge in [-0.15, -0.1) is 0 Å². The van der Waals surface area contributed by atoms with Gasteiger partial charge in [-0.05, 0) is 0 Å². The maximum atomic E-state index is 7.26. The molecule has 4 radical (unpaired) electrons. The molecule has 0 amide bonds. The van der Waals surface area contributed by atoms with Crippen LogP contribution in [0.25, 0.3) is 0 Å². The Labute approximate surface area is 97.3 Å². The van der Waals surface area contributed by atoms with Crippen molar-refractivity contribution in [2.45, 2.75) is 0 Å². The van der Waals surface area contributed by atoms with E-state index >= 15 is 0 Å². The fourth-order valence-electron chi connectivity index (χ4n) is 0. The van der Waals surface area contributed by atoms with E-state index in [2.05, 4.69) is 48.0 Å². The van der Waals surface area contributed by atoms with Crippen LogP contribution in [0.2, 0.25) is 0 Å². The Bertz CT molecular complexity index is 112. The van der Waals surface area contributed by atoms with Gasteiger partial charge in [0.15, 0.2) is 0 Å². The molecule has 0 aliphatic rings. The van der Waals surface area contributed by atoms with E-state index in [-0.39, 0.29) is 19.5 Å². The number of nitrogens with zero attached hydrogens (tertiary/aromatic N) is 3. The van der Waals surface area contributed by atoms with E-state index in [1.165, 1.54) is 0 Å². The Morgan fingerprint density at radius 3 is 0.700 bits per heavy atom. The predicted molar refractivity (Wildman–Crippen MR) is 34.1 cm³/mol. The van der Waals surface area contributed by atoms with Crippen molar-refractivity contribution in [1.82, 2.24) is 0 Å². The molecule has 0 rings (SSSR count). The molecule has 0 heterocycles. The Morgan fingerprint density at radius 2 is 0.700 bits per heavy atom. The van der Waals surface area contributed by atoms with E-state index in [0.29, 0.717) is 0 Å². The quantitative estimate of drug-likeness (QED) is 0.470. The zero-order chi connectivity index (χ0) is 8.12. The van der Waals surface area contributed by atoms with Gasteiger partial charge in [0.25, 0.3) is 0 Å². The minimum atomic E-state index is 0. The summed E-state index contributed by atoms with van der Waals surface area (Å²) in [6.07, 6.45) is 0. The van der Waals surface area contributed by atoms with Crippen molar-refractivity contribution in [2.24, 2.45) is 0 Å². The molecular weight excluding hydrogens is 418 g/mol. The molecule has 0 saturated heterocycles. The SMILES string of the molecule is N#C[Se].N#C[Se].N#C[Se].[Rh]. The van der Waals surface area contributed by atoms with Gasteiger partial charge in [0, 0.05) is 19.5 Å². The smallest absolute Gasteiger partial charge is 0 e. The molecular formula is C3N3RhSe3. The van der Waals surface area contributed by atoms with Crippen molar-refractivity contribution in [3.8, 4) is 14.9 Å². The maximum absolute atomic E-state index is 7.26. The van der Waals surface area contributed by atoms with E-state index in [9.17, 15) is 0 Å². The molecule has 0 unspecified atom stereocenters. The third-order valence-electron chi connectivity index (χ3n) is 0. The topological polar surface area (TPSA) is 71.4 Å². The van der Waals surface area contributed by atoms with E-state index < -0.39 is 0 Å². The van der Waals surface area contributed by atoms with Crippen LogP contribution in [0.15, 0.2) is 0 Å². The summed E-state index contributed by atoms with van der Waals surface area (Å²) in [5.41, 5.74) is 0. The van der Waals surface area contributed by atoms with Gasteiger partial charge < -0.3 is 0 Å². The fraction of sp³-hybridized carbons (Fsp3) is 0. The van der Waals surface area contributed by atoms with Gasteiger partial charge in [-0.2, -0.15) is 0 Å². The summed E-state index contributed by atoms with van der Waals surface area (Å²) in [5.74, 6) is 0.